The van der Waals surface area contributed by atoms with E-state index in [9.17, 15) is 0 Å². The van der Waals surface area contributed by atoms with Gasteiger partial charge in [0, 0.05) is 38.5 Å². The first-order chi connectivity index (χ1) is 26.1. The average molecular weight is 915 g/mol. The van der Waals surface area contributed by atoms with Gasteiger partial charge in [-0.3, -0.25) is 9.41 Å². The molecular formula is C49H45N5OPt-2. The predicted molar refractivity (Wildman–Crippen MR) is 222 cm³/mol. The molecule has 0 fully saturated rings. The molecule has 8 aromatic rings. The Balaban J connectivity index is 0.00000480. The number of benzene rings is 5. The van der Waals surface area contributed by atoms with Crippen molar-refractivity contribution in [1.29, 1.82) is 0 Å². The smallest absolute Gasteiger partial charge is 0.268 e. The number of ether oxygens (including phenoxy) is 1. The zero-order valence-electron chi connectivity index (χ0n) is 33.4. The van der Waals surface area contributed by atoms with Crippen molar-refractivity contribution in [3.63, 3.8) is 0 Å². The van der Waals surface area contributed by atoms with E-state index in [0.29, 0.717) is 22.9 Å². The Labute approximate surface area is 344 Å². The van der Waals surface area contributed by atoms with Crippen LogP contribution in [0, 0.1) is 25.0 Å². The standard InChI is InChI=1S/C49H45N5O.Pt/c1-47(2,3)32-21-22-51-46(26-32)54-42-16-12-11-15-40(42)41-20-19-38(30-45(41)54)55-39-28-35(50-10)27-37(29-39)53-31-52(43-17-13-14-18-44(43)53)36-24-33(48(4,5)6)23-34(25-36)49(7,8)9;/h11-28H,1-9H3;/q-2;. The quantitative estimate of drug-likeness (QED) is 0.127. The van der Waals surface area contributed by atoms with Gasteiger partial charge < -0.3 is 13.9 Å². The fourth-order valence-corrected chi connectivity index (χ4v) is 7.09. The third-order valence-corrected chi connectivity index (χ3v) is 10.3. The van der Waals surface area contributed by atoms with E-state index in [1.165, 1.54) is 16.7 Å². The largest absolute Gasteiger partial charge is 0.511 e. The minimum atomic E-state index is -0.0414. The van der Waals surface area contributed by atoms with Gasteiger partial charge in [0.05, 0.1) is 29.0 Å². The summed E-state index contributed by atoms with van der Waals surface area (Å²) in [6.45, 7) is 28.1. The molecule has 0 saturated heterocycles. The molecule has 0 bridgehead atoms. The number of fused-ring (bicyclic) bond motifs is 4. The Kier molecular flexibility index (Phi) is 9.84. The van der Waals surface area contributed by atoms with Crippen molar-refractivity contribution >= 4 is 38.5 Å². The molecule has 0 aliphatic carbocycles. The van der Waals surface area contributed by atoms with E-state index in [2.05, 4.69) is 161 Å². The zero-order valence-corrected chi connectivity index (χ0v) is 35.6. The van der Waals surface area contributed by atoms with Crippen molar-refractivity contribution in [3.8, 4) is 28.7 Å². The molecule has 0 N–H and O–H groups in total. The van der Waals surface area contributed by atoms with Gasteiger partial charge in [-0.1, -0.05) is 122 Å². The molecule has 6 nitrogen and oxygen atoms in total. The number of aromatic nitrogens is 4. The summed E-state index contributed by atoms with van der Waals surface area (Å²) in [6.07, 6.45) is 5.50. The third-order valence-electron chi connectivity index (χ3n) is 10.3. The van der Waals surface area contributed by atoms with E-state index < -0.39 is 0 Å². The summed E-state index contributed by atoms with van der Waals surface area (Å²) in [5.41, 5.74) is 9.54. The Morgan fingerprint density at radius 3 is 2.00 bits per heavy atom. The van der Waals surface area contributed by atoms with E-state index in [-0.39, 0.29) is 37.3 Å². The molecule has 3 aromatic heterocycles. The van der Waals surface area contributed by atoms with Gasteiger partial charge in [0.25, 0.3) is 6.33 Å². The van der Waals surface area contributed by atoms with E-state index >= 15 is 0 Å². The number of imidazole rings is 1. The van der Waals surface area contributed by atoms with Crippen LogP contribution < -0.4 is 9.30 Å². The molecule has 0 unspecified atom stereocenters. The van der Waals surface area contributed by atoms with Gasteiger partial charge in [0.2, 0.25) is 0 Å². The van der Waals surface area contributed by atoms with Crippen molar-refractivity contribution in [2.45, 2.75) is 78.6 Å². The van der Waals surface area contributed by atoms with Crippen molar-refractivity contribution in [3.05, 3.63) is 156 Å². The maximum atomic E-state index is 8.01. The number of hydrogen-bond acceptors (Lipinski definition) is 2. The summed E-state index contributed by atoms with van der Waals surface area (Å²) in [5.74, 6) is 1.75. The fourth-order valence-electron chi connectivity index (χ4n) is 7.09. The third kappa shape index (κ3) is 7.17. The molecule has 0 aliphatic heterocycles. The van der Waals surface area contributed by atoms with Gasteiger partial charge in [-0.15, -0.1) is 29.7 Å². The van der Waals surface area contributed by atoms with Gasteiger partial charge >= 0.3 is 0 Å². The van der Waals surface area contributed by atoms with Gasteiger partial charge in [0.1, 0.15) is 5.82 Å². The van der Waals surface area contributed by atoms with Crippen LogP contribution in [0.2, 0.25) is 0 Å². The summed E-state index contributed by atoms with van der Waals surface area (Å²) in [5, 5.41) is 2.16. The summed E-state index contributed by atoms with van der Waals surface area (Å²) in [4.78, 5) is 8.65. The number of rotatable bonds is 5. The van der Waals surface area contributed by atoms with E-state index in [4.69, 9.17) is 16.3 Å². The Hall–Kier alpha value is -5.50. The van der Waals surface area contributed by atoms with Gasteiger partial charge in [-0.25, -0.2) is 4.98 Å². The number of nitrogens with zero attached hydrogens (tertiary/aromatic N) is 5. The molecule has 3 heterocycles. The summed E-state index contributed by atoms with van der Waals surface area (Å²) in [7, 11) is 0. The van der Waals surface area contributed by atoms with Crippen LogP contribution in [0.1, 0.15) is 79.0 Å². The number of hydrogen-bond donors (Lipinski definition) is 0. The van der Waals surface area contributed by atoms with Crippen molar-refractivity contribution < 1.29 is 30.4 Å². The van der Waals surface area contributed by atoms with Crippen molar-refractivity contribution in [2.24, 2.45) is 0 Å². The summed E-state index contributed by atoms with van der Waals surface area (Å²) >= 11 is 0. The predicted octanol–water partition coefficient (Wildman–Crippen LogP) is 12.0. The van der Waals surface area contributed by atoms with Crippen LogP contribution in [0.4, 0.5) is 5.69 Å². The SMILES string of the molecule is [C-]#[N+]c1cc(Oc2[c-]c3c(cc2)c2ccccc2n3-c2cc(C(C)(C)C)ccn2)[c-]c(-n2[c-][n+](-c3cc(C(C)(C)C)cc(C(C)(C)C)c3)c3ccccc32)c1.[Pt]. The fraction of sp³-hybridized carbons (Fsp3) is 0.245. The molecule has 0 atom stereocenters. The zero-order chi connectivity index (χ0) is 38.9. The summed E-state index contributed by atoms with van der Waals surface area (Å²) < 4.78 is 12.8. The first-order valence-electron chi connectivity index (χ1n) is 18.8. The second kappa shape index (κ2) is 14.2. The maximum Gasteiger partial charge on any atom is 0.268 e. The molecule has 7 heteroatoms. The molecule has 284 valence electrons. The maximum absolute atomic E-state index is 8.01. The molecule has 0 saturated carbocycles. The van der Waals surface area contributed by atoms with Crippen LogP contribution in [0.25, 0.3) is 54.9 Å². The Bertz CT molecular complexity index is 2780. The Morgan fingerprint density at radius 1 is 0.661 bits per heavy atom. The van der Waals surface area contributed by atoms with Gasteiger partial charge in [-0.2, -0.15) is 12.1 Å². The van der Waals surface area contributed by atoms with E-state index in [1.54, 1.807) is 6.07 Å². The molecule has 0 amide bonds. The minimum absolute atomic E-state index is 0. The molecular weight excluding hydrogens is 870 g/mol. The van der Waals surface area contributed by atoms with E-state index in [0.717, 1.165) is 44.3 Å². The van der Waals surface area contributed by atoms with Crippen LogP contribution >= 0.6 is 0 Å². The topological polar surface area (TPSA) is 40.2 Å². The average Bonchev–Trinajstić information content (AvgIpc) is 3.70. The second-order valence-corrected chi connectivity index (χ2v) is 17.4. The molecule has 5 aromatic carbocycles. The van der Waals surface area contributed by atoms with Crippen LogP contribution in [-0.4, -0.2) is 14.1 Å². The van der Waals surface area contributed by atoms with Crippen LogP contribution in [-0.2, 0) is 37.3 Å². The minimum Gasteiger partial charge on any atom is -0.511 e. The molecule has 56 heavy (non-hydrogen) atoms. The first kappa shape index (κ1) is 38.8. The van der Waals surface area contributed by atoms with Gasteiger partial charge in [0.15, 0.2) is 0 Å². The molecule has 0 aliphatic rings. The summed E-state index contributed by atoms with van der Waals surface area (Å²) in [6, 6.07) is 42.2. The van der Waals surface area contributed by atoms with Crippen LogP contribution in [0.15, 0.2) is 109 Å². The number of pyridine rings is 1. The van der Waals surface area contributed by atoms with Crippen molar-refractivity contribution in [2.75, 3.05) is 0 Å². The van der Waals surface area contributed by atoms with Crippen LogP contribution in [0.5, 0.6) is 11.5 Å². The normalized spacial score (nSPS) is 12.2. The second-order valence-electron chi connectivity index (χ2n) is 17.4. The monoisotopic (exact) mass is 914 g/mol. The number of para-hydroxylation sites is 3. The van der Waals surface area contributed by atoms with Crippen LogP contribution in [0.3, 0.4) is 0 Å². The van der Waals surface area contributed by atoms with E-state index in [1.807, 2.05) is 41.1 Å². The van der Waals surface area contributed by atoms with Gasteiger partial charge in [-0.05, 0) is 74.4 Å². The first-order valence-corrected chi connectivity index (χ1v) is 18.8. The molecule has 0 spiro atoms. The Morgan fingerprint density at radius 2 is 1.32 bits per heavy atom. The molecule has 0 radical (unpaired) electrons. The molecule has 8 rings (SSSR count). The van der Waals surface area contributed by atoms with Crippen molar-refractivity contribution in [1.82, 2.24) is 14.1 Å².